The number of hydrogen-bond donors (Lipinski definition) is 0. The van der Waals surface area contributed by atoms with Crippen LogP contribution in [0.2, 0.25) is 0 Å². The number of aryl methyl sites for hydroxylation is 2. The standard InChI is InChI=1S/C26H22F4N4O5/c1-4-25(9-8-13-15(25)6-5-7-16(13)26(28,29)30)34-21(35)14(22(36)37)12-33(24(34)39)18-11-20-19(10-17(18)27)31(2)23(38)32(20)3/h5-7,10-12H,4,8-9H2,1-3H3,(H,36,37)/p-1/t25-/m1/s1. The molecule has 2 aromatic heterocycles. The van der Waals surface area contributed by atoms with Crippen molar-refractivity contribution in [2.24, 2.45) is 14.1 Å². The Morgan fingerprint density at radius 2 is 1.69 bits per heavy atom. The number of carbonyl (C=O) groups excluding carboxylic acids is 1. The molecular weight excluding hydrogens is 524 g/mol. The topological polar surface area (TPSA) is 111 Å². The van der Waals surface area contributed by atoms with Gasteiger partial charge in [0.1, 0.15) is 5.82 Å². The maximum atomic E-state index is 15.4. The Hall–Kier alpha value is -4.42. The third-order valence-corrected chi connectivity index (χ3v) is 7.69. The maximum Gasteiger partial charge on any atom is 0.416 e. The molecule has 0 amide bonds. The van der Waals surface area contributed by atoms with Gasteiger partial charge in [0, 0.05) is 26.4 Å². The van der Waals surface area contributed by atoms with Crippen molar-refractivity contribution in [3.63, 3.8) is 0 Å². The van der Waals surface area contributed by atoms with E-state index in [1.807, 2.05) is 0 Å². The van der Waals surface area contributed by atoms with Gasteiger partial charge in [-0.3, -0.25) is 18.5 Å². The number of rotatable bonds is 4. The van der Waals surface area contributed by atoms with E-state index in [0.29, 0.717) is 15.3 Å². The fourth-order valence-electron chi connectivity index (χ4n) is 5.72. The lowest BCUT2D eigenvalue weighted by Crippen LogP contribution is -2.53. The van der Waals surface area contributed by atoms with Crippen LogP contribution >= 0.6 is 0 Å². The van der Waals surface area contributed by atoms with E-state index >= 15 is 4.39 Å². The van der Waals surface area contributed by atoms with Gasteiger partial charge in [0.15, 0.2) is 0 Å². The molecule has 0 spiro atoms. The molecule has 1 aliphatic carbocycles. The molecule has 0 bridgehead atoms. The quantitative estimate of drug-likeness (QED) is 0.364. The summed E-state index contributed by atoms with van der Waals surface area (Å²) >= 11 is 0. The Balaban J connectivity index is 1.88. The summed E-state index contributed by atoms with van der Waals surface area (Å²) in [5, 5.41) is 12.0. The van der Waals surface area contributed by atoms with Crippen molar-refractivity contribution >= 4 is 17.0 Å². The average Bonchev–Trinajstić information content (AvgIpc) is 3.35. The van der Waals surface area contributed by atoms with Crippen LogP contribution in [0.25, 0.3) is 16.7 Å². The fourth-order valence-corrected chi connectivity index (χ4v) is 5.72. The van der Waals surface area contributed by atoms with Gasteiger partial charge < -0.3 is 9.90 Å². The second-order valence-electron chi connectivity index (χ2n) is 9.53. The number of nitrogens with zero attached hydrogens (tertiary/aromatic N) is 4. The Kier molecular flexibility index (Phi) is 5.74. The molecular formula is C26H21F4N4O5-. The first kappa shape index (κ1) is 26.2. The summed E-state index contributed by atoms with van der Waals surface area (Å²) in [5.74, 6) is -2.96. The summed E-state index contributed by atoms with van der Waals surface area (Å²) in [4.78, 5) is 51.6. The molecule has 0 fully saturated rings. The average molecular weight is 545 g/mol. The number of benzene rings is 2. The SMILES string of the molecule is CC[C@@]1(n2c(=O)c(C(=O)[O-])cn(-c3cc4c(cc3F)n(C)c(=O)n4C)c2=O)CCc2c(C(F)(F)F)cccc21. The number of halogens is 4. The van der Waals surface area contributed by atoms with Gasteiger partial charge in [-0.1, -0.05) is 19.1 Å². The van der Waals surface area contributed by atoms with Gasteiger partial charge >= 0.3 is 17.6 Å². The fraction of sp³-hybridized carbons (Fsp3) is 0.308. The molecule has 0 N–H and O–H groups in total. The highest BCUT2D eigenvalue weighted by atomic mass is 19.4. The van der Waals surface area contributed by atoms with E-state index in [0.717, 1.165) is 24.3 Å². The monoisotopic (exact) mass is 545 g/mol. The summed E-state index contributed by atoms with van der Waals surface area (Å²) in [7, 11) is 2.84. The van der Waals surface area contributed by atoms with E-state index in [1.165, 1.54) is 29.3 Å². The van der Waals surface area contributed by atoms with Crippen LogP contribution in [-0.2, 0) is 32.2 Å². The third kappa shape index (κ3) is 3.59. The van der Waals surface area contributed by atoms with E-state index in [2.05, 4.69) is 0 Å². The van der Waals surface area contributed by atoms with E-state index < -0.39 is 57.3 Å². The summed E-state index contributed by atoms with van der Waals surface area (Å²) in [5.41, 5.74) is -6.56. The largest absolute Gasteiger partial charge is 0.545 e. The molecule has 0 unspecified atom stereocenters. The molecule has 4 aromatic rings. The molecule has 1 aliphatic rings. The number of alkyl halides is 3. The van der Waals surface area contributed by atoms with Crippen LogP contribution in [0.5, 0.6) is 0 Å². The van der Waals surface area contributed by atoms with Crippen molar-refractivity contribution < 1.29 is 27.5 Å². The molecule has 13 heteroatoms. The Morgan fingerprint density at radius 1 is 1.05 bits per heavy atom. The van der Waals surface area contributed by atoms with Crippen LogP contribution in [0.15, 0.2) is 50.9 Å². The van der Waals surface area contributed by atoms with E-state index in [1.54, 1.807) is 6.92 Å². The molecule has 0 aliphatic heterocycles. The van der Waals surface area contributed by atoms with Crippen LogP contribution < -0.4 is 22.0 Å². The van der Waals surface area contributed by atoms with E-state index in [-0.39, 0.29) is 41.4 Å². The molecule has 39 heavy (non-hydrogen) atoms. The number of fused-ring (bicyclic) bond motifs is 2. The van der Waals surface area contributed by atoms with E-state index in [9.17, 15) is 37.5 Å². The van der Waals surface area contributed by atoms with Crippen LogP contribution in [0.4, 0.5) is 17.6 Å². The van der Waals surface area contributed by atoms with Crippen LogP contribution in [-0.4, -0.2) is 24.2 Å². The van der Waals surface area contributed by atoms with Crippen molar-refractivity contribution in [3.05, 3.63) is 95.9 Å². The highest BCUT2D eigenvalue weighted by Crippen LogP contribution is 2.46. The minimum atomic E-state index is -4.70. The zero-order valence-electron chi connectivity index (χ0n) is 20.9. The first-order valence-corrected chi connectivity index (χ1v) is 11.9. The van der Waals surface area contributed by atoms with Crippen LogP contribution in [0, 0.1) is 5.82 Å². The molecule has 2 aromatic carbocycles. The molecule has 0 radical (unpaired) electrons. The number of aromatic carboxylic acids is 1. The van der Waals surface area contributed by atoms with Gasteiger partial charge in [0.2, 0.25) is 0 Å². The molecule has 0 saturated heterocycles. The Bertz CT molecular complexity index is 1880. The number of aromatic nitrogens is 4. The van der Waals surface area contributed by atoms with Crippen molar-refractivity contribution in [1.82, 2.24) is 18.3 Å². The lowest BCUT2D eigenvalue weighted by atomic mass is 9.87. The number of carbonyl (C=O) groups is 1. The van der Waals surface area contributed by atoms with Gasteiger partial charge in [-0.05, 0) is 42.5 Å². The summed E-state index contributed by atoms with van der Waals surface area (Å²) in [6.45, 7) is 1.56. The molecule has 0 saturated carbocycles. The van der Waals surface area contributed by atoms with Crippen molar-refractivity contribution in [3.8, 4) is 5.69 Å². The predicted molar refractivity (Wildman–Crippen MR) is 129 cm³/mol. The zero-order chi connectivity index (χ0) is 28.6. The van der Waals surface area contributed by atoms with Gasteiger partial charge in [0.05, 0.1) is 39.4 Å². The first-order chi connectivity index (χ1) is 18.2. The van der Waals surface area contributed by atoms with Gasteiger partial charge in [-0.15, -0.1) is 0 Å². The van der Waals surface area contributed by atoms with Crippen molar-refractivity contribution in [2.75, 3.05) is 0 Å². The molecule has 5 rings (SSSR count). The van der Waals surface area contributed by atoms with Gasteiger partial charge in [-0.2, -0.15) is 13.2 Å². The smallest absolute Gasteiger partial charge is 0.416 e. The summed E-state index contributed by atoms with van der Waals surface area (Å²) in [6.07, 6.45) is -4.34. The van der Waals surface area contributed by atoms with Gasteiger partial charge in [0.25, 0.3) is 5.56 Å². The predicted octanol–water partition coefficient (Wildman–Crippen LogP) is 1.81. The molecule has 9 nitrogen and oxygen atoms in total. The minimum absolute atomic E-state index is 0.0400. The van der Waals surface area contributed by atoms with Crippen LogP contribution in [0.1, 0.15) is 46.8 Å². The molecule has 1 atom stereocenters. The summed E-state index contributed by atoms with van der Waals surface area (Å²) in [6, 6.07) is 5.58. The van der Waals surface area contributed by atoms with Crippen molar-refractivity contribution in [2.45, 2.75) is 37.9 Å². The number of hydrogen-bond acceptors (Lipinski definition) is 5. The normalized spacial score (nSPS) is 17.1. The second kappa shape index (κ2) is 8.55. The first-order valence-electron chi connectivity index (χ1n) is 11.9. The van der Waals surface area contributed by atoms with Crippen LogP contribution in [0.3, 0.4) is 0 Å². The molecule has 204 valence electrons. The van der Waals surface area contributed by atoms with E-state index in [4.69, 9.17) is 0 Å². The zero-order valence-corrected chi connectivity index (χ0v) is 20.9. The van der Waals surface area contributed by atoms with Gasteiger partial charge in [-0.25, -0.2) is 18.5 Å². The lowest BCUT2D eigenvalue weighted by molar-refractivity contribution is -0.255. The highest BCUT2D eigenvalue weighted by Gasteiger charge is 2.46. The number of carboxylic acids is 1. The lowest BCUT2D eigenvalue weighted by Gasteiger charge is -2.32. The second-order valence-corrected chi connectivity index (χ2v) is 9.53. The Labute approximate surface area is 216 Å². The number of carboxylic acid groups (broad SMARTS) is 1. The third-order valence-electron chi connectivity index (χ3n) is 7.69. The number of imidazole rings is 1. The molecule has 2 heterocycles. The van der Waals surface area contributed by atoms with Crippen molar-refractivity contribution in [1.29, 1.82) is 0 Å². The minimum Gasteiger partial charge on any atom is -0.545 e. The highest BCUT2D eigenvalue weighted by molar-refractivity contribution is 5.85. The summed E-state index contributed by atoms with van der Waals surface area (Å²) < 4.78 is 60.3. The Morgan fingerprint density at radius 3 is 2.28 bits per heavy atom. The maximum absolute atomic E-state index is 15.4.